The maximum absolute atomic E-state index is 10.9. The van der Waals surface area contributed by atoms with Crippen LogP contribution in [0.3, 0.4) is 0 Å². The highest BCUT2D eigenvalue weighted by atomic mass is 16.4. The molecule has 0 aliphatic heterocycles. The average molecular weight is 307 g/mol. The van der Waals surface area contributed by atoms with Crippen molar-refractivity contribution in [2.24, 2.45) is 5.73 Å². The molecule has 0 bridgehead atoms. The number of carbonyl (C=O) groups is 4. The van der Waals surface area contributed by atoms with Gasteiger partial charge in [-0.25, -0.2) is 0 Å². The maximum Gasteiger partial charge on any atom is 0.322 e. The van der Waals surface area contributed by atoms with Crippen molar-refractivity contribution in [2.75, 3.05) is 13.1 Å². The van der Waals surface area contributed by atoms with E-state index < -0.39 is 55.0 Å². The number of rotatable bonds is 11. The van der Waals surface area contributed by atoms with Gasteiger partial charge in [-0.05, 0) is 0 Å². The molecule has 0 rings (SSSR count). The molecule has 0 saturated heterocycles. The van der Waals surface area contributed by atoms with Crippen LogP contribution in [0.1, 0.15) is 6.42 Å². The summed E-state index contributed by atoms with van der Waals surface area (Å²) in [7, 11) is 0. The van der Waals surface area contributed by atoms with Gasteiger partial charge in [0.15, 0.2) is 0 Å². The zero-order valence-electron chi connectivity index (χ0n) is 10.9. The molecule has 0 aromatic heterocycles. The zero-order chi connectivity index (χ0) is 16.6. The van der Waals surface area contributed by atoms with Gasteiger partial charge in [0.1, 0.15) is 18.1 Å². The highest BCUT2D eigenvalue weighted by molar-refractivity contribution is 5.80. The molecule has 0 aromatic carbocycles. The fourth-order valence-corrected chi connectivity index (χ4v) is 1.28. The van der Waals surface area contributed by atoms with Gasteiger partial charge < -0.3 is 36.8 Å². The van der Waals surface area contributed by atoms with Crippen LogP contribution < -0.4 is 16.4 Å². The van der Waals surface area contributed by atoms with Gasteiger partial charge >= 0.3 is 23.9 Å². The van der Waals surface area contributed by atoms with Crippen LogP contribution in [-0.2, 0) is 19.2 Å². The van der Waals surface area contributed by atoms with Gasteiger partial charge in [-0.3, -0.25) is 19.2 Å². The fraction of sp³-hybridized carbons (Fsp3) is 0.600. The van der Waals surface area contributed by atoms with Gasteiger partial charge in [-0.15, -0.1) is 0 Å². The molecule has 0 saturated carbocycles. The first kappa shape index (κ1) is 18.8. The average Bonchev–Trinajstić information content (AvgIpc) is 2.35. The van der Waals surface area contributed by atoms with Crippen molar-refractivity contribution in [2.45, 2.75) is 24.5 Å². The topological polar surface area (TPSA) is 199 Å². The van der Waals surface area contributed by atoms with Crippen LogP contribution >= 0.6 is 0 Å². The standard InChI is InChI=1S/C10H17N3O8/c11-4(8(16)17)2-12-6(10(20)21)3-13-5(9(18)19)1-7(14)15/h4-6,12-13H,1-3,11H2,(H,14,15)(H,16,17)(H,18,19)(H,20,21)/t4?,5-,6-/m0/s1. The number of hydrogen-bond donors (Lipinski definition) is 7. The lowest BCUT2D eigenvalue weighted by Crippen LogP contribution is -2.53. The summed E-state index contributed by atoms with van der Waals surface area (Å²) < 4.78 is 0. The van der Waals surface area contributed by atoms with E-state index in [-0.39, 0.29) is 6.54 Å². The minimum absolute atomic E-state index is 0.343. The summed E-state index contributed by atoms with van der Waals surface area (Å²) in [6.07, 6.45) is -0.726. The highest BCUT2D eigenvalue weighted by Crippen LogP contribution is 1.94. The van der Waals surface area contributed by atoms with Crippen molar-refractivity contribution in [3.05, 3.63) is 0 Å². The monoisotopic (exact) mass is 307 g/mol. The Morgan fingerprint density at radius 2 is 1.29 bits per heavy atom. The SMILES string of the molecule is NC(CN[C@@H](CN[C@@H](CC(=O)O)C(=O)O)C(=O)O)C(=O)O. The van der Waals surface area contributed by atoms with E-state index in [1.807, 2.05) is 0 Å². The van der Waals surface area contributed by atoms with Crippen LogP contribution in [0.2, 0.25) is 0 Å². The number of carboxylic acids is 4. The summed E-state index contributed by atoms with van der Waals surface area (Å²) >= 11 is 0. The van der Waals surface area contributed by atoms with E-state index in [4.69, 9.17) is 26.2 Å². The van der Waals surface area contributed by atoms with E-state index in [0.717, 1.165) is 0 Å². The molecule has 0 aliphatic rings. The lowest BCUT2D eigenvalue weighted by molar-refractivity contribution is -0.146. The summed E-state index contributed by atoms with van der Waals surface area (Å²) in [6.45, 7) is -0.753. The third kappa shape index (κ3) is 7.81. The largest absolute Gasteiger partial charge is 0.481 e. The van der Waals surface area contributed by atoms with Crippen molar-refractivity contribution in [1.82, 2.24) is 10.6 Å². The Bertz CT molecular complexity index is 413. The number of aliphatic carboxylic acids is 4. The quantitative estimate of drug-likeness (QED) is 0.204. The van der Waals surface area contributed by atoms with E-state index >= 15 is 0 Å². The second-order valence-electron chi connectivity index (χ2n) is 4.14. The molecule has 1 unspecified atom stereocenters. The molecule has 0 heterocycles. The summed E-state index contributed by atoms with van der Waals surface area (Å²) in [4.78, 5) is 42.7. The van der Waals surface area contributed by atoms with Gasteiger partial charge in [0, 0.05) is 13.1 Å². The Morgan fingerprint density at radius 3 is 1.67 bits per heavy atom. The Kier molecular flexibility index (Phi) is 7.89. The molecule has 11 heteroatoms. The predicted octanol–water partition coefficient (Wildman–Crippen LogP) is -3.04. The molecule has 0 aliphatic carbocycles. The number of nitrogens with one attached hydrogen (secondary N) is 2. The third-order valence-corrected chi connectivity index (χ3v) is 2.44. The smallest absolute Gasteiger partial charge is 0.322 e. The minimum Gasteiger partial charge on any atom is -0.481 e. The van der Waals surface area contributed by atoms with Crippen LogP contribution in [0, 0.1) is 0 Å². The van der Waals surface area contributed by atoms with Crippen molar-refractivity contribution in [3.8, 4) is 0 Å². The Labute approximate surface area is 118 Å². The highest BCUT2D eigenvalue weighted by Gasteiger charge is 2.25. The first-order chi connectivity index (χ1) is 9.65. The van der Waals surface area contributed by atoms with E-state index in [1.54, 1.807) is 0 Å². The van der Waals surface area contributed by atoms with Gasteiger partial charge in [-0.1, -0.05) is 0 Å². The van der Waals surface area contributed by atoms with E-state index in [0.29, 0.717) is 0 Å². The normalized spacial score (nSPS) is 14.9. The van der Waals surface area contributed by atoms with E-state index in [2.05, 4.69) is 10.6 Å². The molecule has 8 N–H and O–H groups in total. The van der Waals surface area contributed by atoms with Gasteiger partial charge in [0.25, 0.3) is 0 Å². The van der Waals surface area contributed by atoms with Crippen LogP contribution in [-0.4, -0.2) is 75.5 Å². The Morgan fingerprint density at radius 1 is 0.810 bits per heavy atom. The predicted molar refractivity (Wildman–Crippen MR) is 66.7 cm³/mol. The molecular formula is C10H17N3O8. The summed E-state index contributed by atoms with van der Waals surface area (Å²) in [6, 6.07) is -4.09. The van der Waals surface area contributed by atoms with E-state index in [9.17, 15) is 19.2 Å². The number of carboxylic acid groups (broad SMARTS) is 4. The van der Waals surface area contributed by atoms with Crippen molar-refractivity contribution in [1.29, 1.82) is 0 Å². The molecule has 3 atom stereocenters. The van der Waals surface area contributed by atoms with Crippen LogP contribution in [0.4, 0.5) is 0 Å². The molecule has 21 heavy (non-hydrogen) atoms. The molecule has 0 amide bonds. The first-order valence-corrected chi connectivity index (χ1v) is 5.77. The molecule has 120 valence electrons. The number of hydrogen-bond acceptors (Lipinski definition) is 7. The van der Waals surface area contributed by atoms with Crippen LogP contribution in [0.5, 0.6) is 0 Å². The lowest BCUT2D eigenvalue weighted by Gasteiger charge is -2.19. The zero-order valence-corrected chi connectivity index (χ0v) is 10.9. The summed E-state index contributed by atoms with van der Waals surface area (Å²) in [5.74, 6) is -5.49. The second kappa shape index (κ2) is 8.84. The van der Waals surface area contributed by atoms with Crippen molar-refractivity contribution in [3.63, 3.8) is 0 Å². The molecule has 0 spiro atoms. The number of nitrogens with two attached hydrogens (primary N) is 1. The molecule has 11 nitrogen and oxygen atoms in total. The van der Waals surface area contributed by atoms with Crippen LogP contribution in [0.15, 0.2) is 0 Å². The Hall–Kier alpha value is -2.24. The molecule has 0 fully saturated rings. The van der Waals surface area contributed by atoms with E-state index in [1.165, 1.54) is 0 Å². The maximum atomic E-state index is 10.9. The molecule has 0 radical (unpaired) electrons. The minimum atomic E-state index is -1.46. The molecular weight excluding hydrogens is 290 g/mol. The van der Waals surface area contributed by atoms with Gasteiger partial charge in [-0.2, -0.15) is 0 Å². The second-order valence-corrected chi connectivity index (χ2v) is 4.14. The Balaban J connectivity index is 4.49. The van der Waals surface area contributed by atoms with Gasteiger partial charge in [0.2, 0.25) is 0 Å². The van der Waals surface area contributed by atoms with Crippen molar-refractivity contribution >= 4 is 23.9 Å². The molecule has 0 aromatic rings. The lowest BCUT2D eigenvalue weighted by atomic mass is 10.2. The summed E-state index contributed by atoms with van der Waals surface area (Å²) in [5, 5.41) is 39.4. The van der Waals surface area contributed by atoms with Gasteiger partial charge in [0.05, 0.1) is 6.42 Å². The summed E-state index contributed by atoms with van der Waals surface area (Å²) in [5.41, 5.74) is 5.19. The third-order valence-electron chi connectivity index (χ3n) is 2.44. The van der Waals surface area contributed by atoms with Crippen molar-refractivity contribution < 1.29 is 39.6 Å². The first-order valence-electron chi connectivity index (χ1n) is 5.77. The van der Waals surface area contributed by atoms with Crippen LogP contribution in [0.25, 0.3) is 0 Å². The fourth-order valence-electron chi connectivity index (χ4n) is 1.28.